The Bertz CT molecular complexity index is 821. The van der Waals surface area contributed by atoms with Crippen molar-refractivity contribution in [3.05, 3.63) is 18.2 Å². The molecule has 1 amide bonds. The Labute approximate surface area is 146 Å². The lowest BCUT2D eigenvalue weighted by atomic mass is 9.96. The fourth-order valence-electron chi connectivity index (χ4n) is 3.41. The van der Waals surface area contributed by atoms with Gasteiger partial charge in [-0.2, -0.15) is 0 Å². The monoisotopic (exact) mass is 367 g/mol. The van der Waals surface area contributed by atoms with Crippen LogP contribution in [0.2, 0.25) is 0 Å². The number of sulfonamides is 1. The van der Waals surface area contributed by atoms with Crippen LogP contribution in [0.3, 0.4) is 0 Å². The molecule has 0 aliphatic carbocycles. The minimum Gasteiger partial charge on any atom is -0.480 e. The van der Waals surface area contributed by atoms with Gasteiger partial charge in [0.2, 0.25) is 15.9 Å². The van der Waals surface area contributed by atoms with Crippen molar-refractivity contribution in [3.63, 3.8) is 0 Å². The summed E-state index contributed by atoms with van der Waals surface area (Å²) in [5.41, 5.74) is 1.05. The maximum atomic E-state index is 12.8. The summed E-state index contributed by atoms with van der Waals surface area (Å²) in [4.78, 5) is 27.2. The number of amides is 1. The zero-order chi connectivity index (χ0) is 18.4. The van der Waals surface area contributed by atoms with Crippen LogP contribution in [0, 0.1) is 0 Å². The molecule has 0 aromatic heterocycles. The van der Waals surface area contributed by atoms with E-state index < -0.39 is 22.5 Å². The first-order chi connectivity index (χ1) is 11.7. The number of fused-ring (bicyclic) bond motifs is 3. The standard InChI is InChI=1S/C16H21N3O5S/c1-17(2)25(23,24)11-6-7-12-14(9-11)19(10-15(20)21)16(22)13-5-3-4-8-18(12)13/h6-7,9,13H,3-5,8,10H2,1-2H3,(H,20,21). The summed E-state index contributed by atoms with van der Waals surface area (Å²) >= 11 is 0. The molecule has 0 radical (unpaired) electrons. The van der Waals surface area contributed by atoms with E-state index in [2.05, 4.69) is 0 Å². The highest BCUT2D eigenvalue weighted by Gasteiger charge is 2.40. The van der Waals surface area contributed by atoms with Gasteiger partial charge in [-0.3, -0.25) is 14.5 Å². The van der Waals surface area contributed by atoms with E-state index >= 15 is 0 Å². The maximum absolute atomic E-state index is 12.8. The summed E-state index contributed by atoms with van der Waals surface area (Å²) in [6.07, 6.45) is 2.53. The zero-order valence-electron chi connectivity index (χ0n) is 14.2. The van der Waals surface area contributed by atoms with Gasteiger partial charge in [0.05, 0.1) is 16.3 Å². The minimum atomic E-state index is -3.68. The lowest BCUT2D eigenvalue weighted by Crippen LogP contribution is -2.56. The lowest BCUT2D eigenvalue weighted by Gasteiger charge is -2.45. The van der Waals surface area contributed by atoms with Gasteiger partial charge in [0.1, 0.15) is 12.6 Å². The quantitative estimate of drug-likeness (QED) is 0.842. The molecule has 1 N–H and O–H groups in total. The number of carboxylic acids is 1. The van der Waals surface area contributed by atoms with Crippen molar-refractivity contribution in [2.75, 3.05) is 37.0 Å². The SMILES string of the molecule is CN(C)S(=O)(=O)c1ccc2c(c1)N(CC(=O)O)C(=O)C1CCCCN21. The molecule has 0 saturated carbocycles. The van der Waals surface area contributed by atoms with Crippen molar-refractivity contribution in [2.24, 2.45) is 0 Å². The molecule has 0 spiro atoms. The minimum absolute atomic E-state index is 0.0369. The first-order valence-corrected chi connectivity index (χ1v) is 9.54. The number of piperidine rings is 1. The average molecular weight is 367 g/mol. The molecule has 136 valence electrons. The third-order valence-electron chi connectivity index (χ3n) is 4.67. The Hall–Kier alpha value is -2.13. The average Bonchev–Trinajstić information content (AvgIpc) is 2.57. The van der Waals surface area contributed by atoms with E-state index in [1.807, 2.05) is 4.90 Å². The topological polar surface area (TPSA) is 98.2 Å². The highest BCUT2D eigenvalue weighted by Crippen LogP contribution is 2.40. The Morgan fingerprint density at radius 3 is 2.64 bits per heavy atom. The van der Waals surface area contributed by atoms with Crippen LogP contribution in [0.5, 0.6) is 0 Å². The molecule has 1 aromatic carbocycles. The predicted molar refractivity (Wildman–Crippen MR) is 92.3 cm³/mol. The first-order valence-electron chi connectivity index (χ1n) is 8.10. The maximum Gasteiger partial charge on any atom is 0.323 e. The first kappa shape index (κ1) is 17.7. The second-order valence-corrected chi connectivity index (χ2v) is 8.61. The molecule has 2 aliphatic rings. The van der Waals surface area contributed by atoms with Gasteiger partial charge in [-0.1, -0.05) is 0 Å². The molecule has 1 unspecified atom stereocenters. The van der Waals surface area contributed by atoms with E-state index in [0.717, 1.165) is 17.1 Å². The number of carboxylic acid groups (broad SMARTS) is 1. The highest BCUT2D eigenvalue weighted by atomic mass is 32.2. The van der Waals surface area contributed by atoms with Gasteiger partial charge in [-0.05, 0) is 37.5 Å². The van der Waals surface area contributed by atoms with Gasteiger partial charge in [-0.25, -0.2) is 12.7 Å². The van der Waals surface area contributed by atoms with Crippen molar-refractivity contribution in [3.8, 4) is 0 Å². The molecular formula is C16H21N3O5S. The van der Waals surface area contributed by atoms with Gasteiger partial charge < -0.3 is 10.0 Å². The van der Waals surface area contributed by atoms with Crippen LogP contribution >= 0.6 is 0 Å². The lowest BCUT2D eigenvalue weighted by molar-refractivity contribution is -0.137. The van der Waals surface area contributed by atoms with E-state index in [4.69, 9.17) is 0 Å². The van der Waals surface area contributed by atoms with Crippen LogP contribution in [0.25, 0.3) is 0 Å². The van der Waals surface area contributed by atoms with Crippen molar-refractivity contribution in [1.29, 1.82) is 0 Å². The number of nitrogens with zero attached hydrogens (tertiary/aromatic N) is 3. The second-order valence-electron chi connectivity index (χ2n) is 6.46. The Morgan fingerprint density at radius 1 is 1.28 bits per heavy atom. The summed E-state index contributed by atoms with van der Waals surface area (Å²) < 4.78 is 25.9. The van der Waals surface area contributed by atoms with Crippen molar-refractivity contribution in [2.45, 2.75) is 30.2 Å². The Morgan fingerprint density at radius 2 is 2.00 bits per heavy atom. The molecule has 25 heavy (non-hydrogen) atoms. The summed E-state index contributed by atoms with van der Waals surface area (Å²) in [5, 5.41) is 9.19. The van der Waals surface area contributed by atoms with E-state index in [9.17, 15) is 23.1 Å². The number of anilines is 2. The van der Waals surface area contributed by atoms with E-state index in [0.29, 0.717) is 24.3 Å². The molecule has 2 aliphatic heterocycles. The molecular weight excluding hydrogens is 346 g/mol. The van der Waals surface area contributed by atoms with E-state index in [1.165, 1.54) is 31.1 Å². The van der Waals surface area contributed by atoms with Crippen LogP contribution < -0.4 is 9.80 Å². The largest absolute Gasteiger partial charge is 0.480 e. The van der Waals surface area contributed by atoms with Gasteiger partial charge >= 0.3 is 5.97 Å². The van der Waals surface area contributed by atoms with Gasteiger partial charge in [-0.15, -0.1) is 0 Å². The van der Waals surface area contributed by atoms with Crippen molar-refractivity contribution in [1.82, 2.24) is 4.31 Å². The molecule has 1 atom stereocenters. The smallest absolute Gasteiger partial charge is 0.323 e. The number of hydrogen-bond acceptors (Lipinski definition) is 5. The van der Waals surface area contributed by atoms with E-state index in [-0.39, 0.29) is 16.8 Å². The van der Waals surface area contributed by atoms with Crippen molar-refractivity contribution >= 4 is 33.3 Å². The third-order valence-corrected chi connectivity index (χ3v) is 6.48. The van der Waals surface area contributed by atoms with Crippen LogP contribution in [0.4, 0.5) is 11.4 Å². The van der Waals surface area contributed by atoms with Crippen LogP contribution in [0.15, 0.2) is 23.1 Å². The fraction of sp³-hybridized carbons (Fsp3) is 0.500. The number of carbonyl (C=O) groups is 2. The Kier molecular flexibility index (Phi) is 4.46. The Balaban J connectivity index is 2.15. The van der Waals surface area contributed by atoms with Crippen LogP contribution in [-0.4, -0.2) is 62.9 Å². The molecule has 1 saturated heterocycles. The zero-order valence-corrected chi connectivity index (χ0v) is 15.0. The number of carbonyl (C=O) groups excluding carboxylic acids is 1. The van der Waals surface area contributed by atoms with Crippen molar-refractivity contribution < 1.29 is 23.1 Å². The molecule has 8 nitrogen and oxygen atoms in total. The van der Waals surface area contributed by atoms with Gasteiger partial charge in [0.15, 0.2) is 0 Å². The number of hydrogen-bond donors (Lipinski definition) is 1. The molecule has 9 heteroatoms. The molecule has 1 fully saturated rings. The summed E-state index contributed by atoms with van der Waals surface area (Å²) in [7, 11) is -0.827. The molecule has 3 rings (SSSR count). The highest BCUT2D eigenvalue weighted by molar-refractivity contribution is 7.89. The summed E-state index contributed by atoms with van der Waals surface area (Å²) in [5.74, 6) is -1.42. The molecule has 1 aromatic rings. The predicted octanol–water partition coefficient (Wildman–Crippen LogP) is 0.727. The summed E-state index contributed by atoms with van der Waals surface area (Å²) in [6.45, 7) is 0.214. The fourth-order valence-corrected chi connectivity index (χ4v) is 4.33. The number of benzene rings is 1. The number of aliphatic carboxylic acids is 1. The van der Waals surface area contributed by atoms with Gasteiger partial charge in [0.25, 0.3) is 0 Å². The third kappa shape index (κ3) is 2.98. The van der Waals surface area contributed by atoms with Crippen LogP contribution in [-0.2, 0) is 19.6 Å². The molecule has 2 heterocycles. The summed E-state index contributed by atoms with van der Waals surface area (Å²) in [6, 6.07) is 4.20. The normalized spacial score (nSPS) is 20.4. The van der Waals surface area contributed by atoms with Gasteiger partial charge in [0, 0.05) is 20.6 Å². The van der Waals surface area contributed by atoms with E-state index in [1.54, 1.807) is 6.07 Å². The van der Waals surface area contributed by atoms with Crippen LogP contribution in [0.1, 0.15) is 19.3 Å². The second kappa shape index (κ2) is 6.30. The molecule has 0 bridgehead atoms. The number of rotatable bonds is 4.